The van der Waals surface area contributed by atoms with Gasteiger partial charge in [-0.3, -0.25) is 9.59 Å². The van der Waals surface area contributed by atoms with Gasteiger partial charge < -0.3 is 5.11 Å². The van der Waals surface area contributed by atoms with Crippen LogP contribution in [0.25, 0.3) is 0 Å². The summed E-state index contributed by atoms with van der Waals surface area (Å²) in [6.07, 6.45) is 3.24. The molecular formula is C18H12Cl4O3. The van der Waals surface area contributed by atoms with Gasteiger partial charge >= 0.3 is 0 Å². The highest BCUT2D eigenvalue weighted by Gasteiger charge is 2.68. The van der Waals surface area contributed by atoms with E-state index in [1.165, 1.54) is 12.1 Å². The largest absolute Gasteiger partial charge is 0.508 e. The van der Waals surface area contributed by atoms with Crippen molar-refractivity contribution in [3.63, 3.8) is 0 Å². The number of benzene rings is 1. The van der Waals surface area contributed by atoms with E-state index in [0.717, 1.165) is 0 Å². The predicted octanol–water partition coefficient (Wildman–Crippen LogP) is 4.79. The number of phenolic OH excluding ortho intramolecular Hbond substituents is 1. The fourth-order valence-electron chi connectivity index (χ4n) is 3.41. The number of hydrogen-bond acceptors (Lipinski definition) is 3. The van der Waals surface area contributed by atoms with E-state index < -0.39 is 37.3 Å². The van der Waals surface area contributed by atoms with Gasteiger partial charge in [-0.05, 0) is 29.7 Å². The number of allylic oxidation sites excluding steroid dienone is 5. The number of alkyl halides is 2. The van der Waals surface area contributed by atoms with Crippen LogP contribution >= 0.6 is 46.4 Å². The van der Waals surface area contributed by atoms with E-state index in [4.69, 9.17) is 46.4 Å². The molecule has 1 N–H and O–H groups in total. The van der Waals surface area contributed by atoms with Crippen molar-refractivity contribution < 1.29 is 14.7 Å². The molecule has 0 amide bonds. The summed E-state index contributed by atoms with van der Waals surface area (Å²) >= 11 is 25.3. The van der Waals surface area contributed by atoms with Gasteiger partial charge in [-0.1, -0.05) is 54.1 Å². The third kappa shape index (κ3) is 2.41. The van der Waals surface area contributed by atoms with Crippen LogP contribution in [-0.4, -0.2) is 26.4 Å². The number of hydrogen-bond donors (Lipinski definition) is 1. The Morgan fingerprint density at radius 1 is 1.16 bits per heavy atom. The first-order valence-corrected chi connectivity index (χ1v) is 8.83. The summed E-state index contributed by atoms with van der Waals surface area (Å²) < 4.78 is 0. The van der Waals surface area contributed by atoms with Crippen molar-refractivity contribution in [3.8, 4) is 5.75 Å². The highest BCUT2D eigenvalue weighted by Crippen LogP contribution is 2.59. The highest BCUT2D eigenvalue weighted by atomic mass is 35.5. The molecule has 3 rings (SSSR count). The van der Waals surface area contributed by atoms with E-state index in [0.29, 0.717) is 11.1 Å². The second kappa shape index (κ2) is 6.17. The Kier molecular flexibility index (Phi) is 4.57. The summed E-state index contributed by atoms with van der Waals surface area (Å²) in [4.78, 5) is 22.1. The van der Waals surface area contributed by atoms with Gasteiger partial charge in [0.15, 0.2) is 11.6 Å². The van der Waals surface area contributed by atoms with Gasteiger partial charge in [0.2, 0.25) is 0 Å². The molecule has 1 aromatic rings. The lowest BCUT2D eigenvalue weighted by molar-refractivity contribution is -0.127. The Morgan fingerprint density at radius 2 is 1.80 bits per heavy atom. The van der Waals surface area contributed by atoms with Crippen LogP contribution in [0.4, 0.5) is 0 Å². The predicted molar refractivity (Wildman–Crippen MR) is 99.7 cm³/mol. The molecule has 0 heterocycles. The molecule has 7 heteroatoms. The zero-order valence-corrected chi connectivity index (χ0v) is 15.8. The number of carbonyl (C=O) groups excluding carboxylic acids is 2. The third-order valence-electron chi connectivity index (χ3n) is 4.65. The van der Waals surface area contributed by atoms with E-state index in [9.17, 15) is 14.7 Å². The normalized spacial score (nSPS) is 32.3. The molecule has 130 valence electrons. The van der Waals surface area contributed by atoms with Crippen molar-refractivity contribution >= 4 is 58.0 Å². The molecule has 0 fully saturated rings. The average molecular weight is 418 g/mol. The molecule has 0 radical (unpaired) electrons. The van der Waals surface area contributed by atoms with Crippen LogP contribution in [0.3, 0.4) is 0 Å². The number of ketones is 2. The number of carbonyl (C=O) groups is 2. The summed E-state index contributed by atoms with van der Waals surface area (Å²) in [5, 5.41) is 8.98. The van der Waals surface area contributed by atoms with Gasteiger partial charge in [0.25, 0.3) is 0 Å². The van der Waals surface area contributed by atoms with Crippen LogP contribution in [0.15, 0.2) is 58.6 Å². The van der Waals surface area contributed by atoms with Gasteiger partial charge in [-0.2, -0.15) is 0 Å². The summed E-state index contributed by atoms with van der Waals surface area (Å²) in [5.41, 5.74) is 1.12. The molecule has 0 unspecified atom stereocenters. The van der Waals surface area contributed by atoms with Gasteiger partial charge in [0.05, 0.1) is 0 Å². The second-order valence-corrected chi connectivity index (χ2v) is 7.94. The lowest BCUT2D eigenvalue weighted by Gasteiger charge is -2.49. The fraction of sp³-hybridized carbons (Fsp3) is 0.222. The lowest BCUT2D eigenvalue weighted by atomic mass is 9.62. The SMILES string of the molecule is C=CC1=CC[C@@]2(Cl)C(=O)C(Cl)=C(Cl)C(=O)[C@@]2(Cl)[C@H]1c1cccc(O)c1. The Bertz CT molecular complexity index is 873. The van der Waals surface area contributed by atoms with Crippen LogP contribution in [0, 0.1) is 0 Å². The Labute approximate surface area is 164 Å². The number of aromatic hydroxyl groups is 1. The first kappa shape index (κ1) is 18.5. The Hall–Kier alpha value is -1.26. The van der Waals surface area contributed by atoms with Crippen molar-refractivity contribution in [2.45, 2.75) is 22.1 Å². The topological polar surface area (TPSA) is 54.4 Å². The summed E-state index contributed by atoms with van der Waals surface area (Å²) in [7, 11) is 0. The number of rotatable bonds is 2. The van der Waals surface area contributed by atoms with Gasteiger partial charge in [-0.15, -0.1) is 23.2 Å². The monoisotopic (exact) mass is 416 g/mol. The molecule has 0 saturated carbocycles. The molecular weight excluding hydrogens is 406 g/mol. The number of Topliss-reactive ketones (excluding diaryl/α,β-unsaturated/α-hetero) is 2. The second-order valence-electron chi connectivity index (χ2n) is 5.94. The van der Waals surface area contributed by atoms with E-state index in [1.54, 1.807) is 24.3 Å². The quantitative estimate of drug-likeness (QED) is 0.704. The zero-order valence-electron chi connectivity index (χ0n) is 12.7. The maximum atomic E-state index is 13.0. The first-order valence-electron chi connectivity index (χ1n) is 7.32. The molecule has 25 heavy (non-hydrogen) atoms. The maximum absolute atomic E-state index is 13.0. The molecule has 1 aromatic carbocycles. The zero-order chi connectivity index (χ0) is 18.6. The van der Waals surface area contributed by atoms with Crippen LogP contribution in [0.5, 0.6) is 5.75 Å². The molecule has 2 aliphatic carbocycles. The van der Waals surface area contributed by atoms with Crippen molar-refractivity contribution in [1.82, 2.24) is 0 Å². The maximum Gasteiger partial charge on any atom is 0.199 e. The number of phenols is 1. The standard InChI is InChI=1S/C18H12Cl4O3/c1-2-9-6-7-17(21)15(24)13(19)14(20)16(25)18(17,22)12(9)10-4-3-5-11(23)8-10/h2-6,8,12,23H,1,7H2/t12-,17-,18+/m1/s1. The molecule has 3 nitrogen and oxygen atoms in total. The van der Waals surface area contributed by atoms with E-state index in [2.05, 4.69) is 6.58 Å². The lowest BCUT2D eigenvalue weighted by Crippen LogP contribution is -2.64. The average Bonchev–Trinajstić information content (AvgIpc) is 2.60. The van der Waals surface area contributed by atoms with Crippen LogP contribution in [0.1, 0.15) is 17.9 Å². The van der Waals surface area contributed by atoms with Gasteiger partial charge in [0, 0.05) is 5.92 Å². The Balaban J connectivity index is 2.34. The van der Waals surface area contributed by atoms with Crippen molar-refractivity contribution in [3.05, 3.63) is 64.2 Å². The third-order valence-corrected chi connectivity index (χ3v) is 6.90. The van der Waals surface area contributed by atoms with Gasteiger partial charge in [-0.25, -0.2) is 0 Å². The van der Waals surface area contributed by atoms with Crippen molar-refractivity contribution in [2.24, 2.45) is 0 Å². The molecule has 0 spiro atoms. The number of fused-ring (bicyclic) bond motifs is 1. The highest BCUT2D eigenvalue weighted by molar-refractivity contribution is 6.66. The Morgan fingerprint density at radius 3 is 2.40 bits per heavy atom. The van der Waals surface area contributed by atoms with E-state index in [1.807, 2.05) is 0 Å². The van der Waals surface area contributed by atoms with Crippen LogP contribution in [0.2, 0.25) is 0 Å². The molecule has 0 aliphatic heterocycles. The molecule has 2 aliphatic rings. The van der Waals surface area contributed by atoms with E-state index >= 15 is 0 Å². The van der Waals surface area contributed by atoms with E-state index in [-0.39, 0.29) is 12.2 Å². The minimum Gasteiger partial charge on any atom is -0.508 e. The first-order chi connectivity index (χ1) is 11.7. The molecule has 3 atom stereocenters. The summed E-state index contributed by atoms with van der Waals surface area (Å²) in [6, 6.07) is 6.23. The van der Waals surface area contributed by atoms with Gasteiger partial charge in [0.1, 0.15) is 25.6 Å². The smallest absolute Gasteiger partial charge is 0.199 e. The van der Waals surface area contributed by atoms with Crippen LogP contribution in [-0.2, 0) is 9.59 Å². The van der Waals surface area contributed by atoms with Crippen molar-refractivity contribution in [2.75, 3.05) is 0 Å². The molecule has 0 aromatic heterocycles. The summed E-state index contributed by atoms with van der Waals surface area (Å²) in [6.45, 7) is 3.75. The van der Waals surface area contributed by atoms with Crippen molar-refractivity contribution in [1.29, 1.82) is 0 Å². The minimum absolute atomic E-state index is 0.000311. The summed E-state index contributed by atoms with van der Waals surface area (Å²) in [5.74, 6) is -2.27. The minimum atomic E-state index is -1.90. The van der Waals surface area contributed by atoms with Crippen LogP contribution < -0.4 is 0 Å². The fourth-order valence-corrected chi connectivity index (χ4v) is 4.87. The molecule has 0 bridgehead atoms. The molecule has 0 saturated heterocycles. The number of halogens is 4.